The summed E-state index contributed by atoms with van der Waals surface area (Å²) in [7, 11) is 0. The molecule has 4 heteroatoms. The lowest BCUT2D eigenvalue weighted by atomic mass is 10.1. The summed E-state index contributed by atoms with van der Waals surface area (Å²) in [5, 5.41) is 1.16. The molecule has 0 bridgehead atoms. The van der Waals surface area contributed by atoms with E-state index in [2.05, 4.69) is 35.2 Å². The van der Waals surface area contributed by atoms with E-state index in [1.54, 1.807) is 11.3 Å². The van der Waals surface area contributed by atoms with Crippen LogP contribution < -0.4 is 5.73 Å². The molecule has 1 aliphatic rings. The van der Waals surface area contributed by atoms with Gasteiger partial charge in [0.2, 0.25) is 0 Å². The largest absolute Gasteiger partial charge is 0.347 e. The van der Waals surface area contributed by atoms with E-state index in [-0.39, 0.29) is 6.04 Å². The summed E-state index contributed by atoms with van der Waals surface area (Å²) in [5.41, 5.74) is 10.2. The minimum atomic E-state index is 0.208. The second kappa shape index (κ2) is 5.28. The molecule has 3 nitrogen and oxygen atoms in total. The van der Waals surface area contributed by atoms with Gasteiger partial charge in [-0.1, -0.05) is 18.6 Å². The average Bonchev–Trinajstić information content (AvgIpc) is 3.02. The molecule has 2 aromatic heterocycles. The zero-order valence-corrected chi connectivity index (χ0v) is 12.8. The summed E-state index contributed by atoms with van der Waals surface area (Å²) in [6, 6.07) is 8.54. The van der Waals surface area contributed by atoms with Crippen LogP contribution in [0.4, 0.5) is 0 Å². The Morgan fingerprint density at radius 1 is 1.24 bits per heavy atom. The standard InChI is InChI=1S/C17H19N3S/c18-14-6-2-1-5-12-9-20(10-13(12)14)11-17-19-15-7-3-4-8-16(15)21-17/h3-4,7-10,14H,1-2,5-6,11,18H2. The van der Waals surface area contributed by atoms with Crippen molar-refractivity contribution in [2.75, 3.05) is 0 Å². The van der Waals surface area contributed by atoms with Gasteiger partial charge in [0.15, 0.2) is 0 Å². The lowest BCUT2D eigenvalue weighted by molar-refractivity contribution is 0.610. The summed E-state index contributed by atoms with van der Waals surface area (Å²) >= 11 is 1.78. The Kier molecular flexibility index (Phi) is 3.28. The first-order valence-corrected chi connectivity index (χ1v) is 8.40. The first-order chi connectivity index (χ1) is 10.3. The van der Waals surface area contributed by atoms with Gasteiger partial charge in [0.25, 0.3) is 0 Å². The quantitative estimate of drug-likeness (QED) is 0.730. The molecule has 3 aromatic rings. The molecule has 21 heavy (non-hydrogen) atoms. The van der Waals surface area contributed by atoms with E-state index in [4.69, 9.17) is 10.7 Å². The van der Waals surface area contributed by atoms with E-state index in [1.807, 2.05) is 6.07 Å². The lowest BCUT2D eigenvalue weighted by Gasteiger charge is -2.07. The van der Waals surface area contributed by atoms with E-state index in [1.165, 1.54) is 28.7 Å². The summed E-state index contributed by atoms with van der Waals surface area (Å²) in [6.07, 6.45) is 9.28. The van der Waals surface area contributed by atoms with E-state index >= 15 is 0 Å². The number of aromatic nitrogens is 2. The van der Waals surface area contributed by atoms with Gasteiger partial charge in [0.1, 0.15) is 5.01 Å². The van der Waals surface area contributed by atoms with Crippen molar-refractivity contribution in [2.24, 2.45) is 5.73 Å². The Labute approximate surface area is 128 Å². The number of hydrogen-bond acceptors (Lipinski definition) is 3. The van der Waals surface area contributed by atoms with Crippen LogP contribution in [0.2, 0.25) is 0 Å². The van der Waals surface area contributed by atoms with Crippen LogP contribution in [0, 0.1) is 0 Å². The molecule has 0 spiro atoms. The summed E-state index contributed by atoms with van der Waals surface area (Å²) in [6.45, 7) is 0.846. The maximum Gasteiger partial charge on any atom is 0.114 e. The van der Waals surface area contributed by atoms with Crippen LogP contribution in [0.1, 0.15) is 41.4 Å². The van der Waals surface area contributed by atoms with Crippen molar-refractivity contribution in [3.05, 3.63) is 52.8 Å². The van der Waals surface area contributed by atoms with Crippen molar-refractivity contribution < 1.29 is 0 Å². The summed E-state index contributed by atoms with van der Waals surface area (Å²) < 4.78 is 3.52. The molecule has 1 aromatic carbocycles. The van der Waals surface area contributed by atoms with Crippen molar-refractivity contribution in [1.82, 2.24) is 9.55 Å². The normalized spacial score (nSPS) is 18.6. The fraction of sp³-hybridized carbons (Fsp3) is 0.353. The molecule has 2 heterocycles. The highest BCUT2D eigenvalue weighted by Crippen LogP contribution is 2.29. The lowest BCUT2D eigenvalue weighted by Crippen LogP contribution is -2.09. The maximum atomic E-state index is 6.29. The first kappa shape index (κ1) is 13.0. The van der Waals surface area contributed by atoms with Crippen LogP contribution in [0.25, 0.3) is 10.2 Å². The van der Waals surface area contributed by atoms with Gasteiger partial charge in [-0.15, -0.1) is 11.3 Å². The average molecular weight is 297 g/mol. The minimum absolute atomic E-state index is 0.208. The highest BCUT2D eigenvalue weighted by Gasteiger charge is 2.17. The second-order valence-corrected chi connectivity index (χ2v) is 6.95. The Morgan fingerprint density at radius 3 is 3.05 bits per heavy atom. The molecule has 0 fully saturated rings. The van der Waals surface area contributed by atoms with Gasteiger partial charge in [-0.2, -0.15) is 0 Å². The van der Waals surface area contributed by atoms with Gasteiger partial charge in [-0.05, 0) is 42.5 Å². The number of fused-ring (bicyclic) bond motifs is 2. The molecule has 1 aliphatic carbocycles. The molecule has 4 rings (SSSR count). The van der Waals surface area contributed by atoms with Gasteiger partial charge in [0, 0.05) is 18.4 Å². The fourth-order valence-electron chi connectivity index (χ4n) is 3.19. The zero-order valence-electron chi connectivity index (χ0n) is 12.0. The Bertz CT molecular complexity index is 738. The van der Waals surface area contributed by atoms with Crippen molar-refractivity contribution >= 4 is 21.6 Å². The first-order valence-electron chi connectivity index (χ1n) is 7.58. The Morgan fingerprint density at radius 2 is 2.14 bits per heavy atom. The number of nitrogens with two attached hydrogens (primary N) is 1. The van der Waals surface area contributed by atoms with E-state index in [9.17, 15) is 0 Å². The molecule has 108 valence electrons. The minimum Gasteiger partial charge on any atom is -0.347 e. The second-order valence-electron chi connectivity index (χ2n) is 5.84. The highest BCUT2D eigenvalue weighted by atomic mass is 32.1. The molecule has 0 saturated carbocycles. The molecule has 0 saturated heterocycles. The molecule has 1 atom stereocenters. The third-order valence-electron chi connectivity index (χ3n) is 4.26. The number of aryl methyl sites for hydroxylation is 1. The fourth-order valence-corrected chi connectivity index (χ4v) is 4.16. The smallest absolute Gasteiger partial charge is 0.114 e. The van der Waals surface area contributed by atoms with Gasteiger partial charge in [0.05, 0.1) is 16.8 Å². The summed E-state index contributed by atoms with van der Waals surface area (Å²) in [5.74, 6) is 0. The van der Waals surface area contributed by atoms with Crippen molar-refractivity contribution in [3.8, 4) is 0 Å². The number of para-hydroxylation sites is 1. The van der Waals surface area contributed by atoms with Crippen LogP contribution in [0.15, 0.2) is 36.7 Å². The predicted octanol–water partition coefficient (Wildman–Crippen LogP) is 3.87. The van der Waals surface area contributed by atoms with Gasteiger partial charge in [-0.3, -0.25) is 0 Å². The molecule has 0 amide bonds. The summed E-state index contributed by atoms with van der Waals surface area (Å²) in [4.78, 5) is 4.72. The third kappa shape index (κ3) is 2.49. The maximum absolute atomic E-state index is 6.29. The molecule has 1 unspecified atom stereocenters. The molecular weight excluding hydrogens is 278 g/mol. The highest BCUT2D eigenvalue weighted by molar-refractivity contribution is 7.18. The number of hydrogen-bond donors (Lipinski definition) is 1. The Balaban J connectivity index is 1.64. The van der Waals surface area contributed by atoms with Gasteiger partial charge in [-0.25, -0.2) is 4.98 Å². The molecule has 0 aliphatic heterocycles. The van der Waals surface area contributed by atoms with Crippen molar-refractivity contribution in [3.63, 3.8) is 0 Å². The molecule has 0 radical (unpaired) electrons. The van der Waals surface area contributed by atoms with Crippen molar-refractivity contribution in [2.45, 2.75) is 38.3 Å². The zero-order chi connectivity index (χ0) is 14.2. The van der Waals surface area contributed by atoms with E-state index < -0.39 is 0 Å². The molecule has 2 N–H and O–H groups in total. The number of thiazole rings is 1. The monoisotopic (exact) mass is 297 g/mol. The van der Waals surface area contributed by atoms with E-state index in [0.717, 1.165) is 29.9 Å². The predicted molar refractivity (Wildman–Crippen MR) is 87.6 cm³/mol. The SMILES string of the molecule is NC1CCCCc2cn(Cc3nc4ccccc4s3)cc21. The molecular formula is C17H19N3S. The number of rotatable bonds is 2. The Hall–Kier alpha value is -1.65. The van der Waals surface area contributed by atoms with Gasteiger partial charge < -0.3 is 10.3 Å². The topological polar surface area (TPSA) is 43.8 Å². The van der Waals surface area contributed by atoms with E-state index in [0.29, 0.717) is 0 Å². The van der Waals surface area contributed by atoms with Gasteiger partial charge >= 0.3 is 0 Å². The van der Waals surface area contributed by atoms with Crippen LogP contribution in [0.3, 0.4) is 0 Å². The number of benzene rings is 1. The van der Waals surface area contributed by atoms with Crippen LogP contribution >= 0.6 is 11.3 Å². The third-order valence-corrected chi connectivity index (χ3v) is 5.29. The number of nitrogens with zero attached hydrogens (tertiary/aromatic N) is 2. The van der Waals surface area contributed by atoms with Crippen LogP contribution in [-0.2, 0) is 13.0 Å². The van der Waals surface area contributed by atoms with Crippen molar-refractivity contribution in [1.29, 1.82) is 0 Å². The van der Waals surface area contributed by atoms with Crippen LogP contribution in [0.5, 0.6) is 0 Å². The van der Waals surface area contributed by atoms with Crippen LogP contribution in [-0.4, -0.2) is 9.55 Å².